The maximum atomic E-state index is 11.1. The molecule has 8 nitrogen and oxygen atoms in total. The van der Waals surface area contributed by atoms with Gasteiger partial charge in [-0.1, -0.05) is 0 Å². The van der Waals surface area contributed by atoms with Crippen LogP contribution in [0.25, 0.3) is 5.65 Å². The molecule has 0 amide bonds. The Morgan fingerprint density at radius 3 is 3.00 bits per heavy atom. The molecule has 0 aliphatic carbocycles. The fourth-order valence-corrected chi connectivity index (χ4v) is 2.76. The Morgan fingerprint density at radius 2 is 2.29 bits per heavy atom. The molecular weight excluding hydrogens is 272 g/mol. The lowest BCUT2D eigenvalue weighted by molar-refractivity contribution is -0.142. The Bertz CT molecular complexity index is 657. The fraction of sp³-hybridized carbons (Fsp3) is 0.538. The third-order valence-corrected chi connectivity index (χ3v) is 4.03. The van der Waals surface area contributed by atoms with Crippen LogP contribution in [-0.2, 0) is 4.79 Å². The smallest absolute Gasteiger partial charge is 0.320 e. The van der Waals surface area contributed by atoms with E-state index in [0.29, 0.717) is 13.1 Å². The van der Waals surface area contributed by atoms with Gasteiger partial charge in [0.05, 0.1) is 0 Å². The van der Waals surface area contributed by atoms with E-state index in [9.17, 15) is 4.79 Å². The van der Waals surface area contributed by atoms with Gasteiger partial charge in [-0.3, -0.25) is 14.1 Å². The zero-order valence-electron chi connectivity index (χ0n) is 12.0. The Morgan fingerprint density at radius 1 is 1.48 bits per heavy atom. The Hall–Kier alpha value is -2.22. The minimum atomic E-state index is -0.784. The number of hydrogen-bond donors (Lipinski definition) is 1. The van der Waals surface area contributed by atoms with E-state index in [2.05, 4.69) is 27.0 Å². The van der Waals surface area contributed by atoms with E-state index < -0.39 is 12.0 Å². The summed E-state index contributed by atoms with van der Waals surface area (Å²) in [5, 5.41) is 17.1. The second-order valence-corrected chi connectivity index (χ2v) is 5.36. The first-order chi connectivity index (χ1) is 10.1. The van der Waals surface area contributed by atoms with Crippen molar-refractivity contribution in [3.63, 3.8) is 0 Å². The molecule has 8 heteroatoms. The molecule has 2 atom stereocenters. The molecule has 0 bridgehead atoms. The van der Waals surface area contributed by atoms with Gasteiger partial charge in [0.2, 0.25) is 5.65 Å². The predicted molar refractivity (Wildman–Crippen MR) is 76.3 cm³/mol. The van der Waals surface area contributed by atoms with Crippen molar-refractivity contribution in [3.8, 4) is 0 Å². The minimum absolute atomic E-state index is 0.163. The van der Waals surface area contributed by atoms with Crippen LogP contribution in [0.4, 0.5) is 5.82 Å². The fourth-order valence-electron chi connectivity index (χ4n) is 2.76. The summed E-state index contributed by atoms with van der Waals surface area (Å²) in [6, 6.07) is -0.303. The number of piperazine rings is 1. The van der Waals surface area contributed by atoms with Gasteiger partial charge >= 0.3 is 5.97 Å². The molecule has 0 saturated carbocycles. The molecule has 2 unspecified atom stereocenters. The SMILES string of the molecule is CC(C(=O)O)N1CCN(c2nccn3cnnc23)C(C)C1. The lowest BCUT2D eigenvalue weighted by Gasteiger charge is -2.41. The van der Waals surface area contributed by atoms with Crippen LogP contribution >= 0.6 is 0 Å². The second kappa shape index (κ2) is 5.28. The number of fused-ring (bicyclic) bond motifs is 1. The van der Waals surface area contributed by atoms with Gasteiger partial charge in [-0.15, -0.1) is 10.2 Å². The molecule has 0 radical (unpaired) electrons. The number of nitrogens with zero attached hydrogens (tertiary/aromatic N) is 6. The summed E-state index contributed by atoms with van der Waals surface area (Å²) in [6.45, 7) is 5.89. The molecular formula is C13H18N6O2. The van der Waals surface area contributed by atoms with E-state index in [-0.39, 0.29) is 6.04 Å². The standard InChI is InChI=1S/C13H18N6O2/c1-9-7-17(10(2)13(20)21)5-6-19(9)11-12-16-15-8-18(12)4-3-14-11/h3-4,8-10H,5-7H2,1-2H3,(H,20,21). The Balaban J connectivity index is 1.82. The number of aromatic nitrogens is 4. The normalized spacial score (nSPS) is 21.6. The summed E-state index contributed by atoms with van der Waals surface area (Å²) in [5.74, 6) is 0.0125. The Labute approximate surface area is 122 Å². The van der Waals surface area contributed by atoms with Gasteiger partial charge in [0, 0.05) is 38.1 Å². The first-order valence-corrected chi connectivity index (χ1v) is 6.95. The summed E-state index contributed by atoms with van der Waals surface area (Å²) >= 11 is 0. The monoisotopic (exact) mass is 290 g/mol. The molecule has 1 fully saturated rings. The number of carboxylic acid groups (broad SMARTS) is 1. The molecule has 1 saturated heterocycles. The predicted octanol–water partition coefficient (Wildman–Crippen LogP) is 0.108. The summed E-state index contributed by atoms with van der Waals surface area (Å²) < 4.78 is 1.83. The number of carboxylic acids is 1. The molecule has 2 aromatic heterocycles. The highest BCUT2D eigenvalue weighted by Gasteiger charge is 2.31. The molecule has 21 heavy (non-hydrogen) atoms. The molecule has 2 aromatic rings. The van der Waals surface area contributed by atoms with Crippen LogP contribution in [-0.4, -0.2) is 67.3 Å². The van der Waals surface area contributed by atoms with Crippen LogP contribution in [0, 0.1) is 0 Å². The quantitative estimate of drug-likeness (QED) is 0.858. The lowest BCUT2D eigenvalue weighted by Crippen LogP contribution is -2.56. The molecule has 1 aliphatic heterocycles. The highest BCUT2D eigenvalue weighted by Crippen LogP contribution is 2.22. The minimum Gasteiger partial charge on any atom is -0.480 e. The van der Waals surface area contributed by atoms with Gasteiger partial charge < -0.3 is 10.0 Å². The molecule has 1 aliphatic rings. The average Bonchev–Trinajstić information content (AvgIpc) is 2.94. The lowest BCUT2D eigenvalue weighted by atomic mass is 10.1. The summed E-state index contributed by atoms with van der Waals surface area (Å²) in [7, 11) is 0. The molecule has 1 N–H and O–H groups in total. The van der Waals surface area contributed by atoms with Crippen LogP contribution in [0.15, 0.2) is 18.7 Å². The van der Waals surface area contributed by atoms with Crippen molar-refractivity contribution in [1.29, 1.82) is 0 Å². The molecule has 0 aromatic carbocycles. The number of hydrogen-bond acceptors (Lipinski definition) is 6. The van der Waals surface area contributed by atoms with Gasteiger partial charge in [0.15, 0.2) is 5.82 Å². The number of aliphatic carboxylic acids is 1. The average molecular weight is 290 g/mol. The first-order valence-electron chi connectivity index (χ1n) is 6.95. The van der Waals surface area contributed by atoms with Crippen molar-refractivity contribution in [2.45, 2.75) is 25.9 Å². The van der Waals surface area contributed by atoms with Crippen molar-refractivity contribution in [2.24, 2.45) is 0 Å². The van der Waals surface area contributed by atoms with Gasteiger partial charge in [-0.25, -0.2) is 4.98 Å². The molecule has 112 valence electrons. The number of anilines is 1. The highest BCUT2D eigenvalue weighted by atomic mass is 16.4. The largest absolute Gasteiger partial charge is 0.480 e. The van der Waals surface area contributed by atoms with Crippen LogP contribution in [0.2, 0.25) is 0 Å². The van der Waals surface area contributed by atoms with Crippen LogP contribution in [0.1, 0.15) is 13.8 Å². The Kier molecular flexibility index (Phi) is 3.46. The molecule has 3 rings (SSSR count). The van der Waals surface area contributed by atoms with Crippen LogP contribution in [0.3, 0.4) is 0 Å². The van der Waals surface area contributed by atoms with E-state index in [1.165, 1.54) is 0 Å². The zero-order valence-corrected chi connectivity index (χ0v) is 12.0. The van der Waals surface area contributed by atoms with Crippen LogP contribution in [0.5, 0.6) is 0 Å². The zero-order chi connectivity index (χ0) is 15.0. The molecule has 3 heterocycles. The maximum Gasteiger partial charge on any atom is 0.320 e. The van der Waals surface area contributed by atoms with E-state index in [1.807, 2.05) is 15.5 Å². The van der Waals surface area contributed by atoms with Gasteiger partial charge in [0.1, 0.15) is 12.4 Å². The van der Waals surface area contributed by atoms with Crippen molar-refractivity contribution in [2.75, 3.05) is 24.5 Å². The van der Waals surface area contributed by atoms with Crippen molar-refractivity contribution >= 4 is 17.4 Å². The number of carbonyl (C=O) groups is 1. The van der Waals surface area contributed by atoms with E-state index >= 15 is 0 Å². The van der Waals surface area contributed by atoms with E-state index in [0.717, 1.165) is 18.0 Å². The van der Waals surface area contributed by atoms with Crippen LogP contribution < -0.4 is 4.90 Å². The third-order valence-electron chi connectivity index (χ3n) is 4.03. The van der Waals surface area contributed by atoms with E-state index in [1.54, 1.807) is 19.4 Å². The van der Waals surface area contributed by atoms with Gasteiger partial charge in [-0.2, -0.15) is 0 Å². The van der Waals surface area contributed by atoms with Crippen molar-refractivity contribution in [1.82, 2.24) is 24.5 Å². The van der Waals surface area contributed by atoms with Gasteiger partial charge in [0.25, 0.3) is 0 Å². The summed E-state index contributed by atoms with van der Waals surface area (Å²) in [6.07, 6.45) is 5.19. The second-order valence-electron chi connectivity index (χ2n) is 5.36. The summed E-state index contributed by atoms with van der Waals surface area (Å²) in [4.78, 5) is 19.7. The highest BCUT2D eigenvalue weighted by molar-refractivity contribution is 5.73. The van der Waals surface area contributed by atoms with Crippen molar-refractivity contribution in [3.05, 3.63) is 18.7 Å². The summed E-state index contributed by atoms with van der Waals surface area (Å²) in [5.41, 5.74) is 0.726. The topological polar surface area (TPSA) is 86.9 Å². The molecule has 0 spiro atoms. The van der Waals surface area contributed by atoms with Gasteiger partial charge in [-0.05, 0) is 13.8 Å². The van der Waals surface area contributed by atoms with E-state index in [4.69, 9.17) is 5.11 Å². The maximum absolute atomic E-state index is 11.1. The number of rotatable bonds is 3. The third kappa shape index (κ3) is 2.42. The van der Waals surface area contributed by atoms with Crippen molar-refractivity contribution < 1.29 is 9.90 Å². The first kappa shape index (κ1) is 13.7.